The molecule has 104 valence electrons. The molecule has 1 unspecified atom stereocenters. The summed E-state index contributed by atoms with van der Waals surface area (Å²) in [7, 11) is 0. The maximum atomic E-state index is 10.4. The van der Waals surface area contributed by atoms with E-state index < -0.39 is 6.10 Å². The lowest BCUT2D eigenvalue weighted by Gasteiger charge is -2.14. The SMILES string of the molecule is CCn1cncc1C(O)Cc1c(Br)c(C)nn1CC. The predicted molar refractivity (Wildman–Crippen MR) is 76.9 cm³/mol. The van der Waals surface area contributed by atoms with E-state index in [9.17, 15) is 5.11 Å². The zero-order chi connectivity index (χ0) is 14.0. The predicted octanol–water partition coefficient (Wildman–Crippen LogP) is 2.47. The molecular formula is C13H19BrN4O. The highest BCUT2D eigenvalue weighted by Gasteiger charge is 2.19. The summed E-state index contributed by atoms with van der Waals surface area (Å²) in [6.07, 6.45) is 3.43. The molecule has 0 saturated heterocycles. The fourth-order valence-corrected chi connectivity index (χ4v) is 2.67. The molecule has 0 aromatic carbocycles. The first-order valence-electron chi connectivity index (χ1n) is 6.48. The summed E-state index contributed by atoms with van der Waals surface area (Å²) in [6.45, 7) is 7.64. The van der Waals surface area contributed by atoms with Gasteiger partial charge in [0.25, 0.3) is 0 Å². The van der Waals surface area contributed by atoms with Crippen LogP contribution in [0, 0.1) is 6.92 Å². The van der Waals surface area contributed by atoms with Gasteiger partial charge in [-0.3, -0.25) is 4.68 Å². The van der Waals surface area contributed by atoms with Crippen LogP contribution in [-0.2, 0) is 19.5 Å². The number of halogens is 1. The van der Waals surface area contributed by atoms with Gasteiger partial charge in [-0.2, -0.15) is 5.10 Å². The van der Waals surface area contributed by atoms with Gasteiger partial charge in [0.2, 0.25) is 0 Å². The van der Waals surface area contributed by atoms with Crippen molar-refractivity contribution >= 4 is 15.9 Å². The number of aliphatic hydroxyl groups excluding tert-OH is 1. The van der Waals surface area contributed by atoms with Gasteiger partial charge >= 0.3 is 0 Å². The second-order valence-corrected chi connectivity index (χ2v) is 5.28. The van der Waals surface area contributed by atoms with Crippen LogP contribution in [-0.4, -0.2) is 24.4 Å². The molecule has 19 heavy (non-hydrogen) atoms. The summed E-state index contributed by atoms with van der Waals surface area (Å²) in [6, 6.07) is 0. The molecule has 0 aliphatic heterocycles. The van der Waals surface area contributed by atoms with Crippen LogP contribution in [0.15, 0.2) is 17.0 Å². The quantitative estimate of drug-likeness (QED) is 0.918. The fourth-order valence-electron chi connectivity index (χ4n) is 2.22. The van der Waals surface area contributed by atoms with Gasteiger partial charge in [-0.25, -0.2) is 4.98 Å². The molecule has 0 amide bonds. The van der Waals surface area contributed by atoms with Crippen molar-refractivity contribution in [2.75, 3.05) is 0 Å². The van der Waals surface area contributed by atoms with E-state index in [1.165, 1.54) is 0 Å². The Morgan fingerprint density at radius 1 is 1.37 bits per heavy atom. The Kier molecular flexibility index (Phi) is 4.42. The molecule has 2 heterocycles. The highest BCUT2D eigenvalue weighted by molar-refractivity contribution is 9.10. The van der Waals surface area contributed by atoms with Gasteiger partial charge in [0.15, 0.2) is 0 Å². The van der Waals surface area contributed by atoms with Crippen LogP contribution in [0.3, 0.4) is 0 Å². The molecule has 0 bridgehead atoms. The molecule has 0 spiro atoms. The molecule has 2 aromatic heterocycles. The van der Waals surface area contributed by atoms with E-state index in [0.717, 1.165) is 34.6 Å². The minimum Gasteiger partial charge on any atom is -0.386 e. The summed E-state index contributed by atoms with van der Waals surface area (Å²) in [5.41, 5.74) is 2.82. The third-order valence-corrected chi connectivity index (χ3v) is 4.30. The number of aromatic nitrogens is 4. The number of rotatable bonds is 5. The number of aryl methyl sites for hydroxylation is 3. The molecule has 0 radical (unpaired) electrons. The third kappa shape index (κ3) is 2.74. The zero-order valence-corrected chi connectivity index (χ0v) is 13.1. The van der Waals surface area contributed by atoms with E-state index in [1.807, 2.05) is 30.0 Å². The molecule has 2 aromatic rings. The normalized spacial score (nSPS) is 12.9. The average molecular weight is 327 g/mol. The van der Waals surface area contributed by atoms with Crippen molar-refractivity contribution in [3.8, 4) is 0 Å². The largest absolute Gasteiger partial charge is 0.386 e. The molecule has 6 heteroatoms. The van der Waals surface area contributed by atoms with Crippen LogP contribution in [0.25, 0.3) is 0 Å². The van der Waals surface area contributed by atoms with Crippen LogP contribution in [0.5, 0.6) is 0 Å². The van der Waals surface area contributed by atoms with Crippen LogP contribution < -0.4 is 0 Å². The lowest BCUT2D eigenvalue weighted by atomic mass is 10.1. The minimum absolute atomic E-state index is 0.529. The lowest BCUT2D eigenvalue weighted by Crippen LogP contribution is -2.12. The van der Waals surface area contributed by atoms with E-state index in [1.54, 1.807) is 12.5 Å². The second-order valence-electron chi connectivity index (χ2n) is 4.49. The van der Waals surface area contributed by atoms with E-state index >= 15 is 0 Å². The molecule has 2 rings (SSSR count). The smallest absolute Gasteiger partial charge is 0.101 e. The van der Waals surface area contributed by atoms with Gasteiger partial charge < -0.3 is 9.67 Å². The standard InChI is InChI=1S/C13H19BrN4O/c1-4-17-8-15-7-11(17)12(19)6-10-13(14)9(3)16-18(10)5-2/h7-8,12,19H,4-6H2,1-3H3. The number of hydrogen-bond acceptors (Lipinski definition) is 3. The molecule has 0 fully saturated rings. The fraction of sp³-hybridized carbons (Fsp3) is 0.538. The van der Waals surface area contributed by atoms with Crippen molar-refractivity contribution in [1.29, 1.82) is 0 Å². The van der Waals surface area contributed by atoms with Gasteiger partial charge in [0.05, 0.1) is 34.1 Å². The number of imidazole rings is 1. The highest BCUT2D eigenvalue weighted by Crippen LogP contribution is 2.26. The van der Waals surface area contributed by atoms with Crippen molar-refractivity contribution in [2.24, 2.45) is 0 Å². The van der Waals surface area contributed by atoms with Crippen molar-refractivity contribution in [2.45, 2.75) is 46.4 Å². The van der Waals surface area contributed by atoms with Crippen molar-refractivity contribution in [1.82, 2.24) is 19.3 Å². The Bertz CT molecular complexity index is 561. The van der Waals surface area contributed by atoms with E-state index in [0.29, 0.717) is 6.42 Å². The number of aliphatic hydroxyl groups is 1. The Hall–Kier alpha value is -1.14. The monoisotopic (exact) mass is 326 g/mol. The molecule has 0 saturated carbocycles. The zero-order valence-electron chi connectivity index (χ0n) is 11.5. The number of nitrogens with zero attached hydrogens (tertiary/aromatic N) is 4. The lowest BCUT2D eigenvalue weighted by molar-refractivity contribution is 0.166. The topological polar surface area (TPSA) is 55.9 Å². The van der Waals surface area contributed by atoms with Crippen molar-refractivity contribution < 1.29 is 5.11 Å². The minimum atomic E-state index is -0.569. The van der Waals surface area contributed by atoms with Crippen LogP contribution in [0.4, 0.5) is 0 Å². The average Bonchev–Trinajstić information content (AvgIpc) is 2.98. The van der Waals surface area contributed by atoms with E-state index in [2.05, 4.69) is 26.0 Å². The Labute approximate surface area is 121 Å². The highest BCUT2D eigenvalue weighted by atomic mass is 79.9. The summed E-state index contributed by atoms with van der Waals surface area (Å²) < 4.78 is 4.86. The second kappa shape index (κ2) is 5.88. The summed E-state index contributed by atoms with van der Waals surface area (Å²) in [5.74, 6) is 0. The van der Waals surface area contributed by atoms with Crippen LogP contribution in [0.1, 0.15) is 37.0 Å². The third-order valence-electron chi connectivity index (χ3n) is 3.27. The van der Waals surface area contributed by atoms with E-state index in [4.69, 9.17) is 0 Å². The summed E-state index contributed by atoms with van der Waals surface area (Å²) >= 11 is 3.55. The Balaban J connectivity index is 2.26. The van der Waals surface area contributed by atoms with Gasteiger partial charge in [0.1, 0.15) is 6.10 Å². The maximum absolute atomic E-state index is 10.4. The molecular weight excluding hydrogens is 308 g/mol. The van der Waals surface area contributed by atoms with Gasteiger partial charge in [-0.1, -0.05) is 0 Å². The molecule has 5 nitrogen and oxygen atoms in total. The first kappa shape index (κ1) is 14.3. The van der Waals surface area contributed by atoms with Crippen molar-refractivity contribution in [3.05, 3.63) is 34.1 Å². The molecule has 1 atom stereocenters. The summed E-state index contributed by atoms with van der Waals surface area (Å²) in [5, 5.41) is 14.8. The molecule has 1 N–H and O–H groups in total. The molecule has 0 aliphatic carbocycles. The van der Waals surface area contributed by atoms with Crippen LogP contribution in [0.2, 0.25) is 0 Å². The van der Waals surface area contributed by atoms with Crippen molar-refractivity contribution in [3.63, 3.8) is 0 Å². The summed E-state index contributed by atoms with van der Waals surface area (Å²) in [4.78, 5) is 4.09. The Morgan fingerprint density at radius 2 is 2.11 bits per heavy atom. The van der Waals surface area contributed by atoms with E-state index in [-0.39, 0.29) is 0 Å². The van der Waals surface area contributed by atoms with Gasteiger partial charge in [-0.15, -0.1) is 0 Å². The van der Waals surface area contributed by atoms with Gasteiger partial charge in [-0.05, 0) is 36.7 Å². The Morgan fingerprint density at radius 3 is 2.74 bits per heavy atom. The number of hydrogen-bond donors (Lipinski definition) is 1. The van der Waals surface area contributed by atoms with Gasteiger partial charge in [0, 0.05) is 19.5 Å². The van der Waals surface area contributed by atoms with Crippen LogP contribution >= 0.6 is 15.9 Å². The first-order chi connectivity index (χ1) is 9.08. The maximum Gasteiger partial charge on any atom is 0.101 e. The first-order valence-corrected chi connectivity index (χ1v) is 7.27. The molecule has 0 aliphatic rings.